The van der Waals surface area contributed by atoms with Crippen molar-refractivity contribution >= 4 is 5.95 Å². The van der Waals surface area contributed by atoms with Gasteiger partial charge in [0.2, 0.25) is 0 Å². The topological polar surface area (TPSA) is 82.1 Å². The molecule has 0 N–H and O–H groups in total. The monoisotopic (exact) mass is 366 g/mol. The van der Waals surface area contributed by atoms with Crippen LogP contribution in [0, 0.1) is 0 Å². The molecule has 1 fully saturated rings. The summed E-state index contributed by atoms with van der Waals surface area (Å²) < 4.78 is 12.9. The van der Waals surface area contributed by atoms with Crippen LogP contribution in [0.15, 0.2) is 34.9 Å². The maximum Gasteiger partial charge on any atom is 0.266 e. The molecule has 8 heteroatoms. The van der Waals surface area contributed by atoms with E-state index in [2.05, 4.69) is 15.0 Å². The van der Waals surface area contributed by atoms with Gasteiger partial charge in [-0.25, -0.2) is 9.67 Å². The summed E-state index contributed by atoms with van der Waals surface area (Å²) in [5.74, 6) is 3.63. The fourth-order valence-corrected chi connectivity index (χ4v) is 3.69. The molecule has 0 atom stereocenters. The van der Waals surface area contributed by atoms with Crippen LogP contribution in [0.4, 0.5) is 5.95 Å². The van der Waals surface area contributed by atoms with Gasteiger partial charge in [-0.05, 0) is 30.1 Å². The molecule has 1 saturated heterocycles. The Hall–Kier alpha value is -2.74. The lowest BCUT2D eigenvalue weighted by atomic mass is 10.00. The van der Waals surface area contributed by atoms with Gasteiger partial charge in [0.25, 0.3) is 11.8 Å². The molecule has 2 aliphatic heterocycles. The first-order valence-corrected chi connectivity index (χ1v) is 9.52. The third-order valence-electron chi connectivity index (χ3n) is 5.26. The summed E-state index contributed by atoms with van der Waals surface area (Å²) >= 11 is 0. The molecule has 140 valence electrons. The second kappa shape index (κ2) is 7.11. The van der Waals surface area contributed by atoms with Gasteiger partial charge in [0.15, 0.2) is 5.82 Å². The van der Waals surface area contributed by atoms with Crippen LogP contribution in [0.1, 0.15) is 30.4 Å². The number of hydrogen-bond donors (Lipinski definition) is 0. The Morgan fingerprint density at radius 1 is 0.963 bits per heavy atom. The molecule has 0 saturated carbocycles. The van der Waals surface area contributed by atoms with Gasteiger partial charge in [-0.15, -0.1) is 0 Å². The number of anilines is 1. The van der Waals surface area contributed by atoms with Crippen molar-refractivity contribution in [2.75, 3.05) is 31.2 Å². The molecule has 4 heterocycles. The van der Waals surface area contributed by atoms with E-state index in [1.165, 1.54) is 0 Å². The number of benzene rings is 1. The first kappa shape index (κ1) is 16.4. The molecule has 0 aliphatic carbocycles. The van der Waals surface area contributed by atoms with Crippen molar-refractivity contribution in [1.29, 1.82) is 0 Å². The predicted octanol–water partition coefficient (Wildman–Crippen LogP) is 2.28. The van der Waals surface area contributed by atoms with E-state index in [4.69, 9.17) is 19.3 Å². The molecule has 0 unspecified atom stereocenters. The highest BCUT2D eigenvalue weighted by Crippen LogP contribution is 2.25. The van der Waals surface area contributed by atoms with E-state index in [9.17, 15) is 0 Å². The van der Waals surface area contributed by atoms with E-state index in [0.717, 1.165) is 69.3 Å². The average Bonchev–Trinajstić information content (AvgIpc) is 3.33. The van der Waals surface area contributed by atoms with E-state index in [-0.39, 0.29) is 0 Å². The minimum absolute atomic E-state index is 0.430. The lowest BCUT2D eigenvalue weighted by molar-refractivity contribution is 0.0835. The summed E-state index contributed by atoms with van der Waals surface area (Å²) in [5, 5.41) is 8.95. The fraction of sp³-hybridized carbons (Fsp3) is 0.474. The van der Waals surface area contributed by atoms with Crippen LogP contribution in [-0.2, 0) is 17.7 Å². The number of aromatic nitrogens is 5. The van der Waals surface area contributed by atoms with Crippen LogP contribution in [0.2, 0.25) is 0 Å². The minimum atomic E-state index is 0.430. The maximum atomic E-state index is 5.45. The highest BCUT2D eigenvalue weighted by Gasteiger charge is 2.25. The van der Waals surface area contributed by atoms with Gasteiger partial charge >= 0.3 is 0 Å². The normalized spacial score (nSPS) is 18.3. The quantitative estimate of drug-likeness (QED) is 0.703. The molecule has 0 radical (unpaired) electrons. The molecule has 0 bridgehead atoms. The second-order valence-corrected chi connectivity index (χ2v) is 7.00. The van der Waals surface area contributed by atoms with Gasteiger partial charge in [0.1, 0.15) is 5.82 Å². The first-order valence-electron chi connectivity index (χ1n) is 9.52. The lowest BCUT2D eigenvalue weighted by Crippen LogP contribution is -2.28. The Morgan fingerprint density at radius 2 is 1.81 bits per heavy atom. The molecule has 8 nitrogen and oxygen atoms in total. The maximum absolute atomic E-state index is 5.45. The highest BCUT2D eigenvalue weighted by atomic mass is 16.5. The van der Waals surface area contributed by atoms with Gasteiger partial charge in [0, 0.05) is 44.2 Å². The van der Waals surface area contributed by atoms with Crippen molar-refractivity contribution in [1.82, 2.24) is 24.9 Å². The van der Waals surface area contributed by atoms with Crippen LogP contribution >= 0.6 is 0 Å². The standard InChI is InChI=1S/C19H22N6O2/c1-2-4-15(5-3-1)18-21-19(23-27-18)24-9-6-16-20-17(22-25(16)11-10-24)14-7-12-26-13-8-14/h1-5,14H,6-13H2. The number of ether oxygens (including phenoxy) is 1. The molecule has 2 aliphatic rings. The van der Waals surface area contributed by atoms with Crippen molar-refractivity contribution in [2.24, 2.45) is 0 Å². The molecule has 0 amide bonds. The van der Waals surface area contributed by atoms with Crippen LogP contribution in [0.5, 0.6) is 0 Å². The molecule has 2 aromatic heterocycles. The molecular weight excluding hydrogens is 344 g/mol. The zero-order valence-corrected chi connectivity index (χ0v) is 15.1. The van der Waals surface area contributed by atoms with Crippen LogP contribution in [-0.4, -0.2) is 51.2 Å². The van der Waals surface area contributed by atoms with Crippen LogP contribution < -0.4 is 4.90 Å². The molecular formula is C19H22N6O2. The van der Waals surface area contributed by atoms with Gasteiger partial charge in [0.05, 0.1) is 6.54 Å². The SMILES string of the molecule is c1ccc(-c2nc(N3CCc4nc(C5CCOCC5)nn4CC3)no2)cc1. The Labute approximate surface area is 157 Å². The predicted molar refractivity (Wildman–Crippen MR) is 98.5 cm³/mol. The van der Waals surface area contributed by atoms with E-state index < -0.39 is 0 Å². The third kappa shape index (κ3) is 3.32. The number of rotatable bonds is 3. The largest absolute Gasteiger partial charge is 0.381 e. The molecule has 1 aromatic carbocycles. The van der Waals surface area contributed by atoms with Crippen LogP contribution in [0.25, 0.3) is 11.5 Å². The third-order valence-corrected chi connectivity index (χ3v) is 5.26. The van der Waals surface area contributed by atoms with Crippen molar-refractivity contribution in [2.45, 2.75) is 31.7 Å². The molecule has 3 aromatic rings. The zero-order chi connectivity index (χ0) is 18.1. The average molecular weight is 366 g/mol. The second-order valence-electron chi connectivity index (χ2n) is 7.00. The molecule has 27 heavy (non-hydrogen) atoms. The van der Waals surface area contributed by atoms with Crippen molar-refractivity contribution in [3.63, 3.8) is 0 Å². The van der Waals surface area contributed by atoms with E-state index in [0.29, 0.717) is 17.8 Å². The summed E-state index contributed by atoms with van der Waals surface area (Å²) in [6.45, 7) is 3.99. The zero-order valence-electron chi connectivity index (χ0n) is 15.1. The molecule has 0 spiro atoms. The van der Waals surface area contributed by atoms with Gasteiger partial charge in [-0.1, -0.05) is 18.2 Å². The summed E-state index contributed by atoms with van der Waals surface area (Å²) in [4.78, 5) is 11.5. The smallest absolute Gasteiger partial charge is 0.266 e. The Kier molecular flexibility index (Phi) is 4.33. The lowest BCUT2D eigenvalue weighted by Gasteiger charge is -2.19. The van der Waals surface area contributed by atoms with Crippen LogP contribution in [0.3, 0.4) is 0 Å². The number of fused-ring (bicyclic) bond motifs is 1. The van der Waals surface area contributed by atoms with E-state index >= 15 is 0 Å². The van der Waals surface area contributed by atoms with Gasteiger partial charge in [-0.2, -0.15) is 10.1 Å². The number of nitrogens with zero attached hydrogens (tertiary/aromatic N) is 6. The highest BCUT2D eigenvalue weighted by molar-refractivity contribution is 5.54. The summed E-state index contributed by atoms with van der Waals surface area (Å²) in [7, 11) is 0. The minimum Gasteiger partial charge on any atom is -0.381 e. The Balaban J connectivity index is 1.29. The summed E-state index contributed by atoms with van der Waals surface area (Å²) in [5.41, 5.74) is 0.932. The first-order chi connectivity index (χ1) is 13.4. The van der Waals surface area contributed by atoms with Gasteiger partial charge in [-0.3, -0.25) is 0 Å². The van der Waals surface area contributed by atoms with Gasteiger partial charge < -0.3 is 14.2 Å². The van der Waals surface area contributed by atoms with Crippen molar-refractivity contribution < 1.29 is 9.26 Å². The van der Waals surface area contributed by atoms with Crippen molar-refractivity contribution in [3.8, 4) is 11.5 Å². The summed E-state index contributed by atoms with van der Waals surface area (Å²) in [6, 6.07) is 9.84. The van der Waals surface area contributed by atoms with E-state index in [1.54, 1.807) is 0 Å². The fourth-order valence-electron chi connectivity index (χ4n) is 3.69. The Morgan fingerprint density at radius 3 is 2.67 bits per heavy atom. The molecule has 5 rings (SSSR count). The number of hydrogen-bond acceptors (Lipinski definition) is 7. The van der Waals surface area contributed by atoms with E-state index in [1.807, 2.05) is 35.0 Å². The summed E-state index contributed by atoms with van der Waals surface area (Å²) in [6.07, 6.45) is 2.85. The van der Waals surface area contributed by atoms with Crippen molar-refractivity contribution in [3.05, 3.63) is 42.0 Å². The Bertz CT molecular complexity index is 875.